The minimum atomic E-state index is 0.981. The van der Waals surface area contributed by atoms with Gasteiger partial charge in [0, 0.05) is 16.3 Å². The number of pyridine rings is 1. The fourth-order valence-corrected chi connectivity index (χ4v) is 7.64. The zero-order valence-electron chi connectivity index (χ0n) is 22.7. The first-order chi connectivity index (χ1) is 20.8. The number of rotatable bonds is 3. The molecule has 0 amide bonds. The Labute approximate surface area is 246 Å². The molecule has 0 fully saturated rings. The molecule has 2 nitrogen and oxygen atoms in total. The van der Waals surface area contributed by atoms with Gasteiger partial charge in [0.25, 0.3) is 0 Å². The van der Waals surface area contributed by atoms with Gasteiger partial charge in [-0.1, -0.05) is 121 Å². The van der Waals surface area contributed by atoms with Crippen LogP contribution in [-0.2, 0) is 0 Å². The van der Waals surface area contributed by atoms with Gasteiger partial charge in [0.05, 0.1) is 0 Å². The summed E-state index contributed by atoms with van der Waals surface area (Å²) in [4.78, 5) is 6.21. The molecule has 9 rings (SSSR count). The smallest absolute Gasteiger partial charge is 0.138 e. The van der Waals surface area contributed by atoms with E-state index < -0.39 is 0 Å². The topological polar surface area (TPSA) is 17.3 Å². The highest BCUT2D eigenvalue weighted by Crippen LogP contribution is 2.44. The van der Waals surface area contributed by atoms with Crippen LogP contribution in [0.2, 0.25) is 0 Å². The quantitative estimate of drug-likeness (QED) is 0.199. The van der Waals surface area contributed by atoms with Crippen molar-refractivity contribution in [2.75, 3.05) is 0 Å². The van der Waals surface area contributed by atoms with E-state index in [0.717, 1.165) is 11.2 Å². The molecule has 0 aliphatic carbocycles. The number of hydrogen-bond acceptors (Lipinski definition) is 2. The first-order valence-corrected chi connectivity index (χ1v) is 15.0. The number of nitrogens with zero attached hydrogens (tertiary/aromatic N) is 2. The maximum atomic E-state index is 5.02. The van der Waals surface area contributed by atoms with Crippen LogP contribution in [0.15, 0.2) is 146 Å². The summed E-state index contributed by atoms with van der Waals surface area (Å²) in [7, 11) is 0. The Bertz CT molecular complexity index is 2390. The Balaban J connectivity index is 1.30. The van der Waals surface area contributed by atoms with E-state index in [2.05, 4.69) is 150 Å². The molecule has 0 atom stereocenters. The van der Waals surface area contributed by atoms with Crippen molar-refractivity contribution in [1.82, 2.24) is 9.38 Å². The van der Waals surface area contributed by atoms with E-state index in [4.69, 9.17) is 4.98 Å². The van der Waals surface area contributed by atoms with Crippen molar-refractivity contribution in [1.29, 1.82) is 0 Å². The molecule has 0 saturated carbocycles. The zero-order chi connectivity index (χ0) is 27.6. The summed E-state index contributed by atoms with van der Waals surface area (Å²) < 4.78 is 3.54. The third-order valence-corrected chi connectivity index (χ3v) is 9.58. The zero-order valence-corrected chi connectivity index (χ0v) is 23.5. The number of imidazole rings is 1. The molecule has 0 bridgehead atoms. The van der Waals surface area contributed by atoms with Gasteiger partial charge in [0.2, 0.25) is 0 Å². The van der Waals surface area contributed by atoms with Crippen LogP contribution in [-0.4, -0.2) is 9.38 Å². The van der Waals surface area contributed by atoms with Crippen LogP contribution in [0.3, 0.4) is 0 Å². The molecule has 0 saturated heterocycles. The predicted molar refractivity (Wildman–Crippen MR) is 179 cm³/mol. The van der Waals surface area contributed by atoms with E-state index >= 15 is 0 Å². The van der Waals surface area contributed by atoms with Gasteiger partial charge in [-0.05, 0) is 73.1 Å². The van der Waals surface area contributed by atoms with Crippen LogP contribution in [0, 0.1) is 0 Å². The normalized spacial score (nSPS) is 11.8. The van der Waals surface area contributed by atoms with E-state index in [-0.39, 0.29) is 0 Å². The summed E-state index contributed by atoms with van der Waals surface area (Å²) in [6.07, 6.45) is 2.28. The fourth-order valence-electron chi connectivity index (χ4n) is 6.51. The van der Waals surface area contributed by atoms with Crippen LogP contribution >= 0.6 is 11.3 Å². The number of hydrogen-bond donors (Lipinski definition) is 0. The van der Waals surface area contributed by atoms with E-state index in [1.807, 2.05) is 11.3 Å². The largest absolute Gasteiger partial charge is 0.290 e. The van der Waals surface area contributed by atoms with Gasteiger partial charge >= 0.3 is 0 Å². The van der Waals surface area contributed by atoms with Crippen LogP contribution in [0.5, 0.6) is 0 Å². The van der Waals surface area contributed by atoms with Crippen molar-refractivity contribution in [2.24, 2.45) is 0 Å². The SMILES string of the molecule is c1ccc(-c2ccc(-c3c4ccccc4c(-c4ccc5nc6c7ccccc7sc6n5c4)c4ccccc34)cc2)cc1. The molecule has 6 aromatic carbocycles. The number of thiophene rings is 1. The molecule has 9 aromatic rings. The van der Waals surface area contributed by atoms with Crippen molar-refractivity contribution in [3.63, 3.8) is 0 Å². The molecular formula is C39H24N2S. The van der Waals surface area contributed by atoms with Gasteiger partial charge < -0.3 is 0 Å². The summed E-state index contributed by atoms with van der Waals surface area (Å²) in [6.45, 7) is 0. The Kier molecular flexibility index (Phi) is 5.10. The molecule has 3 heterocycles. The average Bonchev–Trinajstić information content (AvgIpc) is 3.60. The Morgan fingerprint density at radius 2 is 0.929 bits per heavy atom. The third-order valence-electron chi connectivity index (χ3n) is 8.42. The van der Waals surface area contributed by atoms with Crippen LogP contribution < -0.4 is 0 Å². The average molecular weight is 553 g/mol. The van der Waals surface area contributed by atoms with E-state index in [0.29, 0.717) is 0 Å². The number of fused-ring (bicyclic) bond motifs is 7. The number of benzene rings is 6. The highest BCUT2D eigenvalue weighted by Gasteiger charge is 2.18. The third kappa shape index (κ3) is 3.47. The van der Waals surface area contributed by atoms with Crippen LogP contribution in [0.25, 0.3) is 81.0 Å². The van der Waals surface area contributed by atoms with Crippen molar-refractivity contribution in [2.45, 2.75) is 0 Å². The van der Waals surface area contributed by atoms with Gasteiger partial charge in [-0.15, -0.1) is 11.3 Å². The monoisotopic (exact) mass is 552 g/mol. The molecule has 0 radical (unpaired) electrons. The lowest BCUT2D eigenvalue weighted by Crippen LogP contribution is -1.92. The van der Waals surface area contributed by atoms with Crippen LogP contribution in [0.1, 0.15) is 0 Å². The molecule has 0 N–H and O–H groups in total. The summed E-state index contributed by atoms with van der Waals surface area (Å²) in [6, 6.07) is 50.3. The second-order valence-electron chi connectivity index (χ2n) is 10.8. The van der Waals surface area contributed by atoms with E-state index in [1.165, 1.54) is 69.8 Å². The molecule has 3 aromatic heterocycles. The standard InChI is InChI=1S/C39H24N2S/c1-2-10-25(11-3-1)26-18-20-27(21-19-26)36-29-12-4-6-14-31(29)37(32-15-7-5-13-30(32)36)28-22-23-35-40-38-33-16-8-9-17-34(33)42-39(38)41(35)24-28/h1-24H. The molecular weight excluding hydrogens is 529 g/mol. The van der Waals surface area contributed by atoms with Crippen LogP contribution in [0.4, 0.5) is 0 Å². The van der Waals surface area contributed by atoms with Crippen molar-refractivity contribution in [3.8, 4) is 33.4 Å². The first kappa shape index (κ1) is 23.5. The van der Waals surface area contributed by atoms with Gasteiger partial charge in [-0.25, -0.2) is 4.98 Å². The molecule has 0 spiro atoms. The Morgan fingerprint density at radius 1 is 0.429 bits per heavy atom. The van der Waals surface area contributed by atoms with Gasteiger partial charge in [0.15, 0.2) is 0 Å². The van der Waals surface area contributed by atoms with Gasteiger partial charge in [-0.2, -0.15) is 0 Å². The van der Waals surface area contributed by atoms with E-state index in [1.54, 1.807) is 0 Å². The highest BCUT2D eigenvalue weighted by molar-refractivity contribution is 7.25. The summed E-state index contributed by atoms with van der Waals surface area (Å²) in [5, 5.41) is 6.25. The first-order valence-electron chi connectivity index (χ1n) is 14.2. The Hall–Kier alpha value is -5.25. The Morgan fingerprint density at radius 3 is 1.60 bits per heavy atom. The van der Waals surface area contributed by atoms with Crippen molar-refractivity contribution < 1.29 is 0 Å². The summed E-state index contributed by atoms with van der Waals surface area (Å²) in [5.41, 5.74) is 9.48. The van der Waals surface area contributed by atoms with Gasteiger partial charge in [0.1, 0.15) is 16.0 Å². The maximum absolute atomic E-state index is 5.02. The molecule has 0 unspecified atom stereocenters. The molecule has 0 aliphatic heterocycles. The lowest BCUT2D eigenvalue weighted by molar-refractivity contribution is 1.24. The molecule has 3 heteroatoms. The van der Waals surface area contributed by atoms with Crippen molar-refractivity contribution in [3.05, 3.63) is 146 Å². The van der Waals surface area contributed by atoms with E-state index in [9.17, 15) is 0 Å². The fraction of sp³-hybridized carbons (Fsp3) is 0. The summed E-state index contributed by atoms with van der Waals surface area (Å²) in [5.74, 6) is 0. The predicted octanol–water partition coefficient (Wildman–Crippen LogP) is 11.0. The summed E-state index contributed by atoms with van der Waals surface area (Å²) >= 11 is 1.81. The van der Waals surface area contributed by atoms with Gasteiger partial charge in [-0.3, -0.25) is 4.40 Å². The lowest BCUT2D eigenvalue weighted by Gasteiger charge is -2.18. The second-order valence-corrected chi connectivity index (χ2v) is 11.8. The molecule has 0 aliphatic rings. The minimum absolute atomic E-state index is 0.981. The maximum Gasteiger partial charge on any atom is 0.138 e. The molecule has 196 valence electrons. The number of aromatic nitrogens is 2. The highest BCUT2D eigenvalue weighted by atomic mass is 32.1. The second kappa shape index (κ2) is 9.13. The molecule has 42 heavy (non-hydrogen) atoms. The minimum Gasteiger partial charge on any atom is -0.290 e. The lowest BCUT2D eigenvalue weighted by atomic mass is 9.86. The van der Waals surface area contributed by atoms with Crippen molar-refractivity contribution >= 4 is 59.0 Å².